The number of carbonyl (C=O) groups is 2. The molecule has 1 fully saturated rings. The Balaban J connectivity index is 1.32. The summed E-state index contributed by atoms with van der Waals surface area (Å²) in [4.78, 5) is 29.4. The molecule has 0 saturated carbocycles. The van der Waals surface area contributed by atoms with Crippen molar-refractivity contribution in [3.8, 4) is 11.3 Å². The average Bonchev–Trinajstić information content (AvgIpc) is 3.27. The number of fused-ring (bicyclic) bond motifs is 1. The monoisotopic (exact) mass is 411 g/mol. The number of nitrogens with zero attached hydrogens (tertiary/aromatic N) is 3. The Morgan fingerprint density at radius 1 is 0.710 bits per heavy atom. The van der Waals surface area contributed by atoms with Gasteiger partial charge in [0.2, 0.25) is 0 Å². The Morgan fingerprint density at radius 2 is 1.29 bits per heavy atom. The number of piperazine rings is 1. The van der Waals surface area contributed by atoms with E-state index in [1.165, 1.54) is 0 Å². The third-order valence-electron chi connectivity index (χ3n) is 5.63. The Morgan fingerprint density at radius 3 is 1.94 bits per heavy atom. The number of carbonyl (C=O) groups excluding carboxylic acids is 2. The highest BCUT2D eigenvalue weighted by atomic mass is 16.5. The molecule has 1 saturated heterocycles. The van der Waals surface area contributed by atoms with Gasteiger partial charge in [0.1, 0.15) is 5.52 Å². The molecule has 1 aliphatic heterocycles. The third-order valence-corrected chi connectivity index (χ3v) is 5.63. The molecule has 5 rings (SSSR count). The van der Waals surface area contributed by atoms with E-state index in [0.29, 0.717) is 48.6 Å². The second-order valence-corrected chi connectivity index (χ2v) is 7.56. The van der Waals surface area contributed by atoms with Crippen molar-refractivity contribution >= 4 is 22.7 Å². The van der Waals surface area contributed by atoms with Crippen LogP contribution in [0.5, 0.6) is 0 Å². The summed E-state index contributed by atoms with van der Waals surface area (Å²) in [5.74, 6) is 0.614. The van der Waals surface area contributed by atoms with Crippen molar-refractivity contribution in [1.29, 1.82) is 0 Å². The zero-order valence-corrected chi connectivity index (χ0v) is 16.9. The first-order valence-corrected chi connectivity index (χ1v) is 10.3. The van der Waals surface area contributed by atoms with Gasteiger partial charge < -0.3 is 14.3 Å². The molecule has 0 aliphatic carbocycles. The van der Waals surface area contributed by atoms with Crippen LogP contribution in [0.1, 0.15) is 20.7 Å². The smallest absolute Gasteiger partial charge is 0.254 e. The van der Waals surface area contributed by atoms with E-state index in [9.17, 15) is 9.59 Å². The second kappa shape index (κ2) is 8.07. The van der Waals surface area contributed by atoms with Gasteiger partial charge in [-0.15, -0.1) is 0 Å². The van der Waals surface area contributed by atoms with E-state index in [-0.39, 0.29) is 11.8 Å². The number of aromatic nitrogens is 1. The van der Waals surface area contributed by atoms with E-state index in [4.69, 9.17) is 4.52 Å². The van der Waals surface area contributed by atoms with Crippen LogP contribution in [-0.2, 0) is 0 Å². The number of hydrogen-bond donors (Lipinski definition) is 0. The summed E-state index contributed by atoms with van der Waals surface area (Å²) in [7, 11) is 0. The van der Waals surface area contributed by atoms with Gasteiger partial charge in [-0.25, -0.2) is 0 Å². The maximum Gasteiger partial charge on any atom is 0.254 e. The maximum absolute atomic E-state index is 13.1. The van der Waals surface area contributed by atoms with Gasteiger partial charge >= 0.3 is 0 Å². The van der Waals surface area contributed by atoms with Crippen LogP contribution >= 0.6 is 0 Å². The zero-order chi connectivity index (χ0) is 21.2. The van der Waals surface area contributed by atoms with Crippen molar-refractivity contribution in [3.05, 3.63) is 90.0 Å². The standard InChI is InChI=1S/C25H21N3O3/c29-24(19-9-5-2-6-10-19)27-13-15-28(16-14-27)25(30)20-11-12-22-21(17-20)23(31-26-22)18-7-3-1-4-8-18/h1-12,17H,13-16H2. The van der Waals surface area contributed by atoms with Crippen LogP contribution in [-0.4, -0.2) is 52.9 Å². The quantitative estimate of drug-likeness (QED) is 0.509. The van der Waals surface area contributed by atoms with E-state index in [2.05, 4.69) is 5.16 Å². The summed E-state index contributed by atoms with van der Waals surface area (Å²) >= 11 is 0. The van der Waals surface area contributed by atoms with Crippen molar-refractivity contribution in [2.75, 3.05) is 26.2 Å². The van der Waals surface area contributed by atoms with Gasteiger partial charge in [-0.2, -0.15) is 0 Å². The van der Waals surface area contributed by atoms with E-state index < -0.39 is 0 Å². The number of rotatable bonds is 3. The topological polar surface area (TPSA) is 66.7 Å². The minimum atomic E-state index is -0.0473. The Bertz CT molecular complexity index is 1230. The highest BCUT2D eigenvalue weighted by Gasteiger charge is 2.26. The van der Waals surface area contributed by atoms with Gasteiger partial charge in [0.25, 0.3) is 11.8 Å². The Kier molecular flexibility index (Phi) is 4.96. The second-order valence-electron chi connectivity index (χ2n) is 7.56. The molecule has 31 heavy (non-hydrogen) atoms. The minimum Gasteiger partial charge on any atom is -0.355 e. The van der Waals surface area contributed by atoms with Crippen LogP contribution in [0.25, 0.3) is 22.2 Å². The summed E-state index contributed by atoms with van der Waals surface area (Å²) in [6.45, 7) is 2.05. The molecule has 2 amide bonds. The molecule has 0 atom stereocenters. The first kappa shape index (κ1) is 19.1. The van der Waals surface area contributed by atoms with Gasteiger partial charge in [-0.05, 0) is 30.3 Å². The lowest BCUT2D eigenvalue weighted by Gasteiger charge is -2.34. The molecule has 0 bridgehead atoms. The summed E-state index contributed by atoms with van der Waals surface area (Å²) in [6, 6.07) is 24.4. The molecule has 4 aromatic rings. The molecule has 2 heterocycles. The molecule has 0 radical (unpaired) electrons. The molecule has 6 nitrogen and oxygen atoms in total. The summed E-state index contributed by atoms with van der Waals surface area (Å²) in [5.41, 5.74) is 2.90. The van der Waals surface area contributed by atoms with Gasteiger partial charge in [-0.3, -0.25) is 9.59 Å². The van der Waals surface area contributed by atoms with Gasteiger partial charge in [0, 0.05) is 42.9 Å². The van der Waals surface area contributed by atoms with Crippen molar-refractivity contribution in [2.24, 2.45) is 0 Å². The lowest BCUT2D eigenvalue weighted by molar-refractivity contribution is 0.0535. The van der Waals surface area contributed by atoms with E-state index in [1.807, 2.05) is 72.8 Å². The predicted octanol–water partition coefficient (Wildman–Crippen LogP) is 4.09. The Hall–Kier alpha value is -3.93. The van der Waals surface area contributed by atoms with E-state index in [1.54, 1.807) is 15.9 Å². The zero-order valence-electron chi connectivity index (χ0n) is 16.9. The largest absolute Gasteiger partial charge is 0.355 e. The van der Waals surface area contributed by atoms with Gasteiger partial charge in [0.15, 0.2) is 5.76 Å². The average molecular weight is 411 g/mol. The molecule has 0 unspecified atom stereocenters. The highest BCUT2D eigenvalue weighted by Crippen LogP contribution is 2.29. The maximum atomic E-state index is 13.1. The number of benzene rings is 3. The fourth-order valence-electron chi connectivity index (χ4n) is 3.93. The summed E-state index contributed by atoms with van der Waals surface area (Å²) < 4.78 is 5.54. The summed E-state index contributed by atoms with van der Waals surface area (Å²) in [5, 5.41) is 4.94. The first-order valence-electron chi connectivity index (χ1n) is 10.3. The fraction of sp³-hybridized carbons (Fsp3) is 0.160. The van der Waals surface area contributed by atoms with Crippen LogP contribution < -0.4 is 0 Å². The predicted molar refractivity (Wildman–Crippen MR) is 118 cm³/mol. The molecule has 3 aromatic carbocycles. The van der Waals surface area contributed by atoms with Crippen molar-refractivity contribution in [2.45, 2.75) is 0 Å². The lowest BCUT2D eigenvalue weighted by atomic mass is 10.1. The molecule has 1 aromatic heterocycles. The molecule has 1 aliphatic rings. The van der Waals surface area contributed by atoms with E-state index in [0.717, 1.165) is 10.9 Å². The molecular weight excluding hydrogens is 390 g/mol. The molecule has 0 N–H and O–H groups in total. The van der Waals surface area contributed by atoms with Crippen molar-refractivity contribution < 1.29 is 14.1 Å². The van der Waals surface area contributed by atoms with Crippen LogP contribution in [0.4, 0.5) is 0 Å². The van der Waals surface area contributed by atoms with Gasteiger partial charge in [-0.1, -0.05) is 53.7 Å². The lowest BCUT2D eigenvalue weighted by Crippen LogP contribution is -2.50. The molecule has 0 spiro atoms. The minimum absolute atomic E-state index is 0.00564. The van der Waals surface area contributed by atoms with Crippen LogP contribution in [0, 0.1) is 0 Å². The number of hydrogen-bond acceptors (Lipinski definition) is 4. The van der Waals surface area contributed by atoms with Crippen molar-refractivity contribution in [3.63, 3.8) is 0 Å². The van der Waals surface area contributed by atoms with Crippen LogP contribution in [0.2, 0.25) is 0 Å². The molecular formula is C25H21N3O3. The number of amides is 2. The van der Waals surface area contributed by atoms with Crippen molar-refractivity contribution in [1.82, 2.24) is 15.0 Å². The Labute approximate surface area is 179 Å². The molecule has 154 valence electrons. The first-order chi connectivity index (χ1) is 15.2. The van der Waals surface area contributed by atoms with Crippen LogP contribution in [0.3, 0.4) is 0 Å². The third kappa shape index (κ3) is 3.68. The molecule has 6 heteroatoms. The van der Waals surface area contributed by atoms with Gasteiger partial charge in [0.05, 0.1) is 5.39 Å². The normalized spacial score (nSPS) is 14.1. The fourth-order valence-corrected chi connectivity index (χ4v) is 3.93. The SMILES string of the molecule is O=C(c1ccccc1)N1CCN(C(=O)c2ccc3noc(-c4ccccc4)c3c2)CC1. The summed E-state index contributed by atoms with van der Waals surface area (Å²) in [6.07, 6.45) is 0. The van der Waals surface area contributed by atoms with Crippen LogP contribution in [0.15, 0.2) is 83.4 Å². The highest BCUT2D eigenvalue weighted by molar-refractivity contribution is 6.01. The van der Waals surface area contributed by atoms with E-state index >= 15 is 0 Å².